The minimum Gasteiger partial charge on any atom is -0.383 e. The molecular weight excluding hydrogens is 356 g/mol. The summed E-state index contributed by atoms with van der Waals surface area (Å²) < 4.78 is 0. The van der Waals surface area contributed by atoms with Crippen molar-refractivity contribution in [1.82, 2.24) is 0 Å². The normalized spacial score (nSPS) is 23.9. The Morgan fingerprint density at radius 2 is 1.93 bits per heavy atom. The van der Waals surface area contributed by atoms with Gasteiger partial charge in [0.25, 0.3) is 0 Å². The highest BCUT2D eigenvalue weighted by Gasteiger charge is 2.42. The number of hydrogen-bond acceptors (Lipinski definition) is 2. The molecule has 0 fully saturated rings. The first-order chi connectivity index (χ1) is 13.3. The number of aliphatic hydroxyl groups is 1. The smallest absolute Gasteiger partial charge is 0.170 e. The fourth-order valence-corrected chi connectivity index (χ4v) is 5.14. The Labute approximate surface area is 177 Å². The summed E-state index contributed by atoms with van der Waals surface area (Å²) in [5.74, 6) is 0.0515. The van der Waals surface area contributed by atoms with Gasteiger partial charge in [-0.15, -0.1) is 0 Å². The molecule has 0 aromatic heterocycles. The van der Waals surface area contributed by atoms with Gasteiger partial charge in [-0.25, -0.2) is 0 Å². The third kappa shape index (κ3) is 5.17. The molecule has 0 amide bonds. The van der Waals surface area contributed by atoms with Gasteiger partial charge in [-0.2, -0.15) is 0 Å². The Morgan fingerprint density at radius 3 is 2.52 bits per heavy atom. The van der Waals surface area contributed by atoms with Gasteiger partial charge in [0.15, 0.2) is 5.78 Å². The predicted molar refractivity (Wildman–Crippen MR) is 123 cm³/mol. The molecule has 158 valence electrons. The average molecular weight is 395 g/mol. The molecule has 1 aliphatic rings. The maximum Gasteiger partial charge on any atom is 0.170 e. The van der Waals surface area contributed by atoms with Gasteiger partial charge < -0.3 is 5.11 Å². The highest BCUT2D eigenvalue weighted by Crippen LogP contribution is 2.52. The van der Waals surface area contributed by atoms with Crippen LogP contribution in [0.3, 0.4) is 0 Å². The third-order valence-electron chi connectivity index (χ3n) is 6.39. The van der Waals surface area contributed by atoms with Crippen molar-refractivity contribution in [3.05, 3.63) is 71.8 Å². The molecule has 0 heterocycles. The van der Waals surface area contributed by atoms with Gasteiger partial charge in [-0.1, -0.05) is 89.8 Å². The summed E-state index contributed by atoms with van der Waals surface area (Å²) in [6, 6.07) is 8.83. The third-order valence-corrected chi connectivity index (χ3v) is 6.39. The summed E-state index contributed by atoms with van der Waals surface area (Å²) in [6.45, 7) is 18.1. The van der Waals surface area contributed by atoms with Crippen molar-refractivity contribution in [2.24, 2.45) is 11.3 Å². The van der Waals surface area contributed by atoms with Crippen LogP contribution in [0, 0.1) is 11.3 Å². The molecule has 0 saturated heterocycles. The number of fused-ring (bicyclic) bond motifs is 1. The second-order valence-electron chi connectivity index (χ2n) is 10.2. The highest BCUT2D eigenvalue weighted by molar-refractivity contribution is 5.89. The molecule has 1 aromatic rings. The van der Waals surface area contributed by atoms with Gasteiger partial charge in [0.05, 0.1) is 0 Å². The van der Waals surface area contributed by atoms with Crippen molar-refractivity contribution in [2.45, 2.75) is 78.2 Å². The number of rotatable bonds is 8. The van der Waals surface area contributed by atoms with Crippen molar-refractivity contribution < 1.29 is 9.90 Å². The maximum absolute atomic E-state index is 12.3. The van der Waals surface area contributed by atoms with Gasteiger partial charge in [-0.05, 0) is 60.1 Å². The molecule has 1 aliphatic carbocycles. The average Bonchev–Trinajstić information content (AvgIpc) is 2.86. The second-order valence-corrected chi connectivity index (χ2v) is 10.2. The van der Waals surface area contributed by atoms with E-state index < -0.39 is 5.60 Å². The molecule has 1 aromatic carbocycles. The molecule has 3 atom stereocenters. The number of hydrogen-bond donors (Lipinski definition) is 1. The fourth-order valence-electron chi connectivity index (χ4n) is 5.14. The van der Waals surface area contributed by atoms with Crippen molar-refractivity contribution in [2.75, 3.05) is 0 Å². The van der Waals surface area contributed by atoms with E-state index in [1.54, 1.807) is 13.8 Å². The first kappa shape index (κ1) is 23.3. The summed E-state index contributed by atoms with van der Waals surface area (Å²) in [6.07, 6.45) is 9.98. The van der Waals surface area contributed by atoms with Gasteiger partial charge >= 0.3 is 0 Å². The van der Waals surface area contributed by atoms with Crippen molar-refractivity contribution in [3.63, 3.8) is 0 Å². The van der Waals surface area contributed by atoms with E-state index in [1.807, 2.05) is 31.2 Å². The maximum atomic E-state index is 12.3. The zero-order chi connectivity index (χ0) is 22.0. The summed E-state index contributed by atoms with van der Waals surface area (Å²) >= 11 is 0. The summed E-state index contributed by atoms with van der Waals surface area (Å²) in [5, 5.41) is 10.0. The van der Waals surface area contributed by atoms with Crippen LogP contribution in [0.1, 0.15) is 78.4 Å². The molecular formula is C27H38O2. The van der Waals surface area contributed by atoms with Gasteiger partial charge in [0.2, 0.25) is 0 Å². The van der Waals surface area contributed by atoms with Crippen molar-refractivity contribution in [3.8, 4) is 0 Å². The topological polar surface area (TPSA) is 37.3 Å². The number of carbonyl (C=O) groups is 1. The van der Waals surface area contributed by atoms with E-state index in [2.05, 4.69) is 58.5 Å². The second kappa shape index (κ2) is 8.44. The first-order valence-electron chi connectivity index (χ1n) is 10.7. The molecule has 0 spiro atoms. The Bertz CT molecular complexity index is 819. The monoisotopic (exact) mass is 394 g/mol. The summed E-state index contributed by atoms with van der Waals surface area (Å²) in [7, 11) is 0. The number of allylic oxidation sites excluding steroid dienone is 5. The van der Waals surface area contributed by atoms with E-state index in [4.69, 9.17) is 0 Å². The molecule has 0 radical (unpaired) electrons. The number of Topliss-reactive ketones (excluding diaryl/α,β-unsaturated/α-hetero) is 1. The fraction of sp³-hybridized carbons (Fsp3) is 0.519. The Balaban J connectivity index is 2.29. The van der Waals surface area contributed by atoms with Crippen molar-refractivity contribution in [1.29, 1.82) is 0 Å². The van der Waals surface area contributed by atoms with E-state index in [9.17, 15) is 9.90 Å². The van der Waals surface area contributed by atoms with E-state index in [-0.39, 0.29) is 22.5 Å². The van der Waals surface area contributed by atoms with Crippen LogP contribution in [0.4, 0.5) is 0 Å². The Kier molecular flexibility index (Phi) is 6.79. The summed E-state index contributed by atoms with van der Waals surface area (Å²) in [5.41, 5.74) is 2.80. The molecule has 2 rings (SSSR count). The first-order valence-corrected chi connectivity index (χ1v) is 10.7. The lowest BCUT2D eigenvalue weighted by Crippen LogP contribution is -2.35. The molecule has 1 N–H and O–H groups in total. The Hall–Kier alpha value is -1.93. The molecule has 0 bridgehead atoms. The van der Waals surface area contributed by atoms with Crippen LogP contribution in [0.2, 0.25) is 0 Å². The molecule has 2 nitrogen and oxygen atoms in total. The van der Waals surface area contributed by atoms with Crippen LogP contribution >= 0.6 is 0 Å². The molecule has 0 aliphatic heterocycles. The molecule has 3 unspecified atom stereocenters. The highest BCUT2D eigenvalue weighted by atomic mass is 16.3. The minimum atomic E-state index is -1.32. The quantitative estimate of drug-likeness (QED) is 0.510. The van der Waals surface area contributed by atoms with Crippen LogP contribution in [0.25, 0.3) is 0 Å². The molecule has 0 saturated carbocycles. The number of ketones is 1. The molecule has 2 heteroatoms. The summed E-state index contributed by atoms with van der Waals surface area (Å²) in [4.78, 5) is 12.3. The van der Waals surface area contributed by atoms with Gasteiger partial charge in [-0.3, -0.25) is 4.79 Å². The standard InChI is InChI=1S/C27H38O2/c1-9-12-21(16-15-19(2)24(28)26(6,7)29)25(4,5)18-27(8)17-20(3)22-13-10-11-14-23(22)27/h9-16,19-20,29H,1,17-18H2,2-8H3/b16-15-,21-12+. The minimum absolute atomic E-state index is 0.0892. The van der Waals surface area contributed by atoms with E-state index in [0.29, 0.717) is 5.92 Å². The zero-order valence-electron chi connectivity index (χ0n) is 19.3. The van der Waals surface area contributed by atoms with Crippen LogP contribution < -0.4 is 0 Å². The number of benzene rings is 1. The van der Waals surface area contributed by atoms with E-state index in [1.165, 1.54) is 11.1 Å². The van der Waals surface area contributed by atoms with Gasteiger partial charge in [0, 0.05) is 5.92 Å². The largest absolute Gasteiger partial charge is 0.383 e. The van der Waals surface area contributed by atoms with Gasteiger partial charge in [0.1, 0.15) is 5.60 Å². The lowest BCUT2D eigenvalue weighted by molar-refractivity contribution is -0.136. The van der Waals surface area contributed by atoms with Crippen LogP contribution in [-0.4, -0.2) is 16.5 Å². The van der Waals surface area contributed by atoms with Crippen LogP contribution in [0.5, 0.6) is 0 Å². The van der Waals surface area contributed by atoms with Crippen LogP contribution in [-0.2, 0) is 10.2 Å². The van der Waals surface area contributed by atoms with Crippen molar-refractivity contribution >= 4 is 5.78 Å². The number of carbonyl (C=O) groups excluding carboxylic acids is 1. The van der Waals surface area contributed by atoms with E-state index >= 15 is 0 Å². The predicted octanol–water partition coefficient (Wildman–Crippen LogP) is 6.51. The van der Waals surface area contributed by atoms with E-state index in [0.717, 1.165) is 18.4 Å². The van der Waals surface area contributed by atoms with Crippen LogP contribution in [0.15, 0.2) is 60.7 Å². The SMILES string of the molecule is C=C/C=C(\C=C/C(C)C(=O)C(C)(C)O)C(C)(C)CC1(C)CC(C)c2ccccc21. The molecule has 29 heavy (non-hydrogen) atoms. The zero-order valence-corrected chi connectivity index (χ0v) is 19.3. The Morgan fingerprint density at radius 1 is 1.31 bits per heavy atom. The lowest BCUT2D eigenvalue weighted by Gasteiger charge is -2.37. The lowest BCUT2D eigenvalue weighted by atomic mass is 9.67.